The maximum atomic E-state index is 12.8. The largest absolute Gasteiger partial charge is 0.301 e. The highest BCUT2D eigenvalue weighted by atomic mass is 35.5. The number of alkyl halides is 1. The quantitative estimate of drug-likeness (QED) is 0.795. The zero-order valence-corrected chi connectivity index (χ0v) is 14.3. The van der Waals surface area contributed by atoms with E-state index in [9.17, 15) is 8.42 Å². The van der Waals surface area contributed by atoms with Crippen LogP contribution in [0, 0.1) is 13.8 Å². The average molecular weight is 331 g/mol. The summed E-state index contributed by atoms with van der Waals surface area (Å²) >= 11 is 5.77. The molecule has 0 unspecified atom stereocenters. The summed E-state index contributed by atoms with van der Waals surface area (Å²) in [6, 6.07) is 5.50. The topological polar surface area (TPSA) is 40.6 Å². The first-order valence-electron chi connectivity index (χ1n) is 7.31. The van der Waals surface area contributed by atoms with Crippen LogP contribution in [0.4, 0.5) is 0 Å². The number of benzene rings is 1. The van der Waals surface area contributed by atoms with Crippen LogP contribution in [0.25, 0.3) is 0 Å². The molecule has 1 saturated heterocycles. The van der Waals surface area contributed by atoms with Crippen molar-refractivity contribution in [3.8, 4) is 0 Å². The Bertz CT molecular complexity index is 589. The molecule has 118 valence electrons. The Morgan fingerprint density at radius 2 is 1.90 bits per heavy atom. The van der Waals surface area contributed by atoms with E-state index in [0.717, 1.165) is 37.2 Å². The van der Waals surface area contributed by atoms with Crippen molar-refractivity contribution >= 4 is 21.6 Å². The molecule has 0 radical (unpaired) electrons. The summed E-state index contributed by atoms with van der Waals surface area (Å²) < 4.78 is 27.2. The maximum absolute atomic E-state index is 12.8. The van der Waals surface area contributed by atoms with Crippen LogP contribution in [-0.4, -0.2) is 56.2 Å². The fraction of sp³-hybridized carbons (Fsp3) is 0.600. The first-order chi connectivity index (χ1) is 9.95. The van der Waals surface area contributed by atoms with Gasteiger partial charge in [-0.05, 0) is 38.4 Å². The second-order valence-corrected chi connectivity index (χ2v) is 7.84. The molecule has 0 N–H and O–H groups in total. The second-order valence-electron chi connectivity index (χ2n) is 5.56. The van der Waals surface area contributed by atoms with Gasteiger partial charge in [0.15, 0.2) is 0 Å². The highest BCUT2D eigenvalue weighted by molar-refractivity contribution is 7.89. The predicted octanol–water partition coefficient (Wildman–Crippen LogP) is 2.24. The molecule has 0 amide bonds. The molecule has 6 heteroatoms. The molecule has 0 atom stereocenters. The van der Waals surface area contributed by atoms with Gasteiger partial charge in [-0.2, -0.15) is 4.31 Å². The van der Waals surface area contributed by atoms with E-state index in [-0.39, 0.29) is 0 Å². The third kappa shape index (κ3) is 3.97. The first kappa shape index (κ1) is 16.7. The van der Waals surface area contributed by atoms with Crippen molar-refractivity contribution in [1.29, 1.82) is 0 Å². The van der Waals surface area contributed by atoms with Crippen molar-refractivity contribution in [2.45, 2.75) is 25.2 Å². The SMILES string of the molecule is Cc1ccc(S(=O)(=O)N2CCCN(CCCl)CC2)c(C)c1. The lowest BCUT2D eigenvalue weighted by Crippen LogP contribution is -2.36. The standard InChI is InChI=1S/C15H23ClN2O2S/c1-13-4-5-15(14(2)12-13)21(19,20)18-8-3-7-17(9-6-16)10-11-18/h4-5,12H,3,6-11H2,1-2H3. The zero-order valence-electron chi connectivity index (χ0n) is 12.7. The number of aryl methyl sites for hydroxylation is 2. The van der Waals surface area contributed by atoms with Gasteiger partial charge in [-0.25, -0.2) is 8.42 Å². The van der Waals surface area contributed by atoms with E-state index in [4.69, 9.17) is 11.6 Å². The van der Waals surface area contributed by atoms with Crippen molar-refractivity contribution in [2.75, 3.05) is 38.6 Å². The van der Waals surface area contributed by atoms with E-state index >= 15 is 0 Å². The van der Waals surface area contributed by atoms with Gasteiger partial charge in [-0.15, -0.1) is 11.6 Å². The highest BCUT2D eigenvalue weighted by Gasteiger charge is 2.27. The fourth-order valence-corrected chi connectivity index (χ4v) is 4.67. The van der Waals surface area contributed by atoms with Crippen LogP contribution < -0.4 is 0 Å². The summed E-state index contributed by atoms with van der Waals surface area (Å²) in [5.41, 5.74) is 1.90. The van der Waals surface area contributed by atoms with Gasteiger partial charge in [0.25, 0.3) is 0 Å². The van der Waals surface area contributed by atoms with Crippen molar-refractivity contribution < 1.29 is 8.42 Å². The molecule has 1 fully saturated rings. The highest BCUT2D eigenvalue weighted by Crippen LogP contribution is 2.22. The smallest absolute Gasteiger partial charge is 0.243 e. The van der Waals surface area contributed by atoms with Crippen LogP contribution in [-0.2, 0) is 10.0 Å². The molecule has 1 aromatic carbocycles. The van der Waals surface area contributed by atoms with E-state index in [1.807, 2.05) is 26.0 Å². The Morgan fingerprint density at radius 3 is 2.57 bits per heavy atom. The Morgan fingerprint density at radius 1 is 1.14 bits per heavy atom. The van der Waals surface area contributed by atoms with Crippen LogP contribution in [0.3, 0.4) is 0 Å². The Hall–Kier alpha value is -0.620. The van der Waals surface area contributed by atoms with E-state index in [0.29, 0.717) is 23.9 Å². The minimum Gasteiger partial charge on any atom is -0.301 e. The summed E-state index contributed by atoms with van der Waals surface area (Å²) in [5, 5.41) is 0. The molecule has 1 aliphatic heterocycles. The molecule has 0 saturated carbocycles. The molecule has 4 nitrogen and oxygen atoms in total. The van der Waals surface area contributed by atoms with E-state index in [2.05, 4.69) is 4.90 Å². The Labute approximate surface area is 132 Å². The van der Waals surface area contributed by atoms with Gasteiger partial charge < -0.3 is 4.90 Å². The van der Waals surface area contributed by atoms with E-state index in [1.165, 1.54) is 0 Å². The summed E-state index contributed by atoms with van der Waals surface area (Å²) in [6.45, 7) is 7.42. The molecule has 21 heavy (non-hydrogen) atoms. The lowest BCUT2D eigenvalue weighted by molar-refractivity contribution is 0.303. The molecular weight excluding hydrogens is 308 g/mol. The molecule has 0 spiro atoms. The lowest BCUT2D eigenvalue weighted by Gasteiger charge is -2.22. The molecule has 0 aromatic heterocycles. The van der Waals surface area contributed by atoms with Crippen LogP contribution in [0.1, 0.15) is 17.5 Å². The number of hydrogen-bond acceptors (Lipinski definition) is 3. The monoisotopic (exact) mass is 330 g/mol. The fourth-order valence-electron chi connectivity index (χ4n) is 2.76. The molecular formula is C15H23ClN2O2S. The Kier molecular flexibility index (Phi) is 5.66. The summed E-state index contributed by atoms with van der Waals surface area (Å²) in [7, 11) is -3.40. The van der Waals surface area contributed by atoms with Gasteiger partial charge in [0.1, 0.15) is 0 Å². The Balaban J connectivity index is 2.19. The second kappa shape index (κ2) is 7.09. The van der Waals surface area contributed by atoms with Crippen LogP contribution in [0.15, 0.2) is 23.1 Å². The zero-order chi connectivity index (χ0) is 15.5. The van der Waals surface area contributed by atoms with Crippen LogP contribution in [0.2, 0.25) is 0 Å². The lowest BCUT2D eigenvalue weighted by atomic mass is 10.2. The number of halogens is 1. The van der Waals surface area contributed by atoms with Gasteiger partial charge in [0.05, 0.1) is 4.90 Å². The molecule has 0 aliphatic carbocycles. The third-order valence-corrected chi connectivity index (χ3v) is 6.12. The third-order valence-electron chi connectivity index (χ3n) is 3.90. The van der Waals surface area contributed by atoms with Gasteiger partial charge in [0, 0.05) is 32.1 Å². The van der Waals surface area contributed by atoms with Gasteiger partial charge in [0.2, 0.25) is 10.0 Å². The number of sulfonamides is 1. The van der Waals surface area contributed by atoms with Crippen molar-refractivity contribution in [3.05, 3.63) is 29.3 Å². The summed E-state index contributed by atoms with van der Waals surface area (Å²) in [6.07, 6.45) is 0.848. The van der Waals surface area contributed by atoms with Crippen LogP contribution in [0.5, 0.6) is 0 Å². The number of hydrogen-bond donors (Lipinski definition) is 0. The molecule has 1 heterocycles. The molecule has 1 aromatic rings. The van der Waals surface area contributed by atoms with Crippen molar-refractivity contribution in [1.82, 2.24) is 9.21 Å². The average Bonchev–Trinajstić information content (AvgIpc) is 2.65. The van der Waals surface area contributed by atoms with Crippen LogP contribution >= 0.6 is 11.6 Å². The predicted molar refractivity (Wildman–Crippen MR) is 86.5 cm³/mol. The maximum Gasteiger partial charge on any atom is 0.243 e. The van der Waals surface area contributed by atoms with Gasteiger partial charge in [-0.1, -0.05) is 17.7 Å². The van der Waals surface area contributed by atoms with Crippen molar-refractivity contribution in [2.24, 2.45) is 0 Å². The number of nitrogens with zero attached hydrogens (tertiary/aromatic N) is 2. The van der Waals surface area contributed by atoms with Crippen molar-refractivity contribution in [3.63, 3.8) is 0 Å². The molecule has 0 bridgehead atoms. The first-order valence-corrected chi connectivity index (χ1v) is 9.28. The minimum absolute atomic E-state index is 0.430. The molecule has 2 rings (SSSR count). The summed E-state index contributed by atoms with van der Waals surface area (Å²) in [5.74, 6) is 0.587. The number of rotatable bonds is 4. The van der Waals surface area contributed by atoms with Gasteiger partial charge >= 0.3 is 0 Å². The molecule has 1 aliphatic rings. The van der Waals surface area contributed by atoms with E-state index in [1.54, 1.807) is 10.4 Å². The normalized spacial score (nSPS) is 18.6. The van der Waals surface area contributed by atoms with Gasteiger partial charge in [-0.3, -0.25) is 0 Å². The summed E-state index contributed by atoms with van der Waals surface area (Å²) in [4.78, 5) is 2.66. The van der Waals surface area contributed by atoms with E-state index < -0.39 is 10.0 Å². The minimum atomic E-state index is -3.40.